The molecule has 5 nitrogen and oxygen atoms in total. The van der Waals surface area contributed by atoms with Crippen molar-refractivity contribution in [1.82, 2.24) is 0 Å². The summed E-state index contributed by atoms with van der Waals surface area (Å²) in [5.41, 5.74) is -0.345. The van der Waals surface area contributed by atoms with Crippen molar-refractivity contribution in [3.05, 3.63) is 26.0 Å². The molecule has 0 unspecified atom stereocenters. The molecule has 0 saturated carbocycles. The Balaban J connectivity index is 3.59. The number of nitrogens with zero attached hydrogens (tertiary/aromatic N) is 1. The summed E-state index contributed by atoms with van der Waals surface area (Å²) in [5.74, 6) is 0. The minimum absolute atomic E-state index is 0.345. The fraction of sp³-hybridized carbons (Fsp3) is 0. The van der Waals surface area contributed by atoms with Crippen LogP contribution in [0.15, 0.2) is 31.2 Å². The molecule has 0 aromatic heterocycles. The zero-order chi connectivity index (χ0) is 10.9. The molecule has 0 bridgehead atoms. The lowest BCUT2D eigenvalue weighted by Crippen LogP contribution is -1.98. The van der Waals surface area contributed by atoms with Crippen LogP contribution in [0, 0.1) is 4.91 Å². The highest BCUT2D eigenvalue weighted by molar-refractivity contribution is 9.13. The summed E-state index contributed by atoms with van der Waals surface area (Å²) in [5, 5.41) is 2.50. The van der Waals surface area contributed by atoms with Crippen LogP contribution in [0.2, 0.25) is 0 Å². The second kappa shape index (κ2) is 4.05. The second-order valence-electron chi connectivity index (χ2n) is 2.30. The summed E-state index contributed by atoms with van der Waals surface area (Å²) in [6, 6.07) is 2.29. The molecule has 0 atom stereocenters. The third kappa shape index (κ3) is 2.38. The Morgan fingerprint density at radius 1 is 1.21 bits per heavy atom. The van der Waals surface area contributed by atoms with E-state index in [1.54, 1.807) is 0 Å². The van der Waals surface area contributed by atoms with Crippen LogP contribution in [0.5, 0.6) is 0 Å². The number of rotatable bonds is 2. The molecule has 0 heterocycles. The Morgan fingerprint density at radius 3 is 2.14 bits per heavy atom. The van der Waals surface area contributed by atoms with E-state index in [1.165, 1.54) is 6.07 Å². The molecule has 1 N–H and O–H groups in total. The molecule has 0 spiro atoms. The lowest BCUT2D eigenvalue weighted by atomic mass is 10.3. The van der Waals surface area contributed by atoms with Gasteiger partial charge in [0.05, 0.1) is 0 Å². The van der Waals surface area contributed by atoms with E-state index in [0.29, 0.717) is 8.95 Å². The predicted molar refractivity (Wildman–Crippen MR) is 57.1 cm³/mol. The first-order chi connectivity index (χ1) is 6.36. The Hall–Kier alpha value is -0.310. The molecule has 0 aliphatic heterocycles. The monoisotopic (exact) mass is 343 g/mol. The van der Waals surface area contributed by atoms with Crippen molar-refractivity contribution in [3.63, 3.8) is 0 Å². The molecular formula is C6H3Br2NO4S. The summed E-state index contributed by atoms with van der Waals surface area (Å²) in [7, 11) is -4.43. The first-order valence-electron chi connectivity index (χ1n) is 3.16. The van der Waals surface area contributed by atoms with Crippen LogP contribution >= 0.6 is 31.9 Å². The van der Waals surface area contributed by atoms with Crippen molar-refractivity contribution < 1.29 is 13.0 Å². The maximum Gasteiger partial charge on any atom is 0.296 e. The van der Waals surface area contributed by atoms with E-state index in [1.807, 2.05) is 0 Å². The van der Waals surface area contributed by atoms with E-state index < -0.39 is 15.0 Å². The SMILES string of the molecule is O=Nc1cc(Br)c(Br)cc1S(=O)(=O)O. The Labute approximate surface area is 96.5 Å². The van der Waals surface area contributed by atoms with E-state index in [2.05, 4.69) is 37.0 Å². The van der Waals surface area contributed by atoms with Gasteiger partial charge in [-0.25, -0.2) is 0 Å². The predicted octanol–water partition coefficient (Wildman–Crippen LogP) is 2.86. The van der Waals surface area contributed by atoms with Gasteiger partial charge in [0.1, 0.15) is 10.6 Å². The zero-order valence-electron chi connectivity index (χ0n) is 6.44. The van der Waals surface area contributed by atoms with Crippen LogP contribution in [-0.4, -0.2) is 13.0 Å². The Morgan fingerprint density at radius 2 is 1.71 bits per heavy atom. The summed E-state index contributed by atoms with van der Waals surface area (Å²) in [6.07, 6.45) is 0. The zero-order valence-corrected chi connectivity index (χ0v) is 10.4. The van der Waals surface area contributed by atoms with Crippen molar-refractivity contribution in [2.24, 2.45) is 5.18 Å². The van der Waals surface area contributed by atoms with Gasteiger partial charge in [0, 0.05) is 8.95 Å². The topological polar surface area (TPSA) is 83.8 Å². The standard InChI is InChI=1S/C6H3Br2NO4S/c7-3-1-5(9-10)6(2-4(3)8)14(11,12)13/h1-2H,(H,11,12,13). The number of nitroso groups, excluding NO2 is 1. The molecule has 1 aromatic rings. The van der Waals surface area contributed by atoms with Crippen LogP contribution in [0.4, 0.5) is 5.69 Å². The van der Waals surface area contributed by atoms with Crippen molar-refractivity contribution in [2.45, 2.75) is 4.90 Å². The normalized spacial score (nSPS) is 11.4. The van der Waals surface area contributed by atoms with Crippen LogP contribution in [0.25, 0.3) is 0 Å². The highest BCUT2D eigenvalue weighted by atomic mass is 79.9. The molecule has 0 amide bonds. The first-order valence-corrected chi connectivity index (χ1v) is 6.18. The number of hydrogen-bond donors (Lipinski definition) is 1. The fourth-order valence-corrected chi connectivity index (χ4v) is 2.25. The van der Waals surface area contributed by atoms with Gasteiger partial charge in [-0.2, -0.15) is 8.42 Å². The van der Waals surface area contributed by atoms with Gasteiger partial charge < -0.3 is 0 Å². The van der Waals surface area contributed by atoms with Gasteiger partial charge in [-0.05, 0) is 49.2 Å². The van der Waals surface area contributed by atoms with Gasteiger partial charge in [-0.15, -0.1) is 4.91 Å². The van der Waals surface area contributed by atoms with Gasteiger partial charge >= 0.3 is 0 Å². The summed E-state index contributed by atoms with van der Waals surface area (Å²) in [4.78, 5) is 9.75. The Bertz CT molecular complexity index is 485. The maximum absolute atomic E-state index is 10.8. The molecule has 0 fully saturated rings. The third-order valence-electron chi connectivity index (χ3n) is 1.38. The molecule has 1 rings (SSSR count). The number of halogens is 2. The van der Waals surface area contributed by atoms with Crippen molar-refractivity contribution in [2.75, 3.05) is 0 Å². The van der Waals surface area contributed by atoms with E-state index in [4.69, 9.17) is 4.55 Å². The molecule has 8 heteroatoms. The van der Waals surface area contributed by atoms with Gasteiger partial charge in [0.25, 0.3) is 10.1 Å². The van der Waals surface area contributed by atoms with Gasteiger partial charge in [-0.1, -0.05) is 0 Å². The van der Waals surface area contributed by atoms with E-state index in [-0.39, 0.29) is 5.69 Å². The smallest absolute Gasteiger partial charge is 0.282 e. The van der Waals surface area contributed by atoms with Crippen molar-refractivity contribution in [3.8, 4) is 0 Å². The maximum atomic E-state index is 10.8. The first kappa shape index (κ1) is 11.8. The molecule has 0 radical (unpaired) electrons. The van der Waals surface area contributed by atoms with Gasteiger partial charge in [-0.3, -0.25) is 4.55 Å². The van der Waals surface area contributed by atoms with Crippen LogP contribution in [0.3, 0.4) is 0 Å². The minimum Gasteiger partial charge on any atom is -0.282 e. The van der Waals surface area contributed by atoms with Crippen molar-refractivity contribution in [1.29, 1.82) is 0 Å². The highest BCUT2D eigenvalue weighted by Gasteiger charge is 2.18. The molecule has 0 saturated heterocycles. The van der Waals surface area contributed by atoms with Crippen LogP contribution in [-0.2, 0) is 10.1 Å². The lowest BCUT2D eigenvalue weighted by molar-refractivity contribution is 0.483. The second-order valence-corrected chi connectivity index (χ2v) is 5.40. The molecule has 0 aliphatic rings. The number of benzene rings is 1. The fourth-order valence-electron chi connectivity index (χ4n) is 0.796. The summed E-state index contributed by atoms with van der Waals surface area (Å²) < 4.78 is 31.2. The lowest BCUT2D eigenvalue weighted by Gasteiger charge is -2.02. The summed E-state index contributed by atoms with van der Waals surface area (Å²) in [6.45, 7) is 0. The molecule has 76 valence electrons. The van der Waals surface area contributed by atoms with Crippen LogP contribution in [0.1, 0.15) is 0 Å². The number of hydrogen-bond acceptors (Lipinski definition) is 4. The third-order valence-corrected chi connectivity index (χ3v) is 4.11. The quantitative estimate of drug-likeness (QED) is 0.660. The average Bonchev–Trinajstić information content (AvgIpc) is 2.07. The molecule has 0 aliphatic carbocycles. The van der Waals surface area contributed by atoms with Crippen molar-refractivity contribution >= 4 is 47.7 Å². The summed E-state index contributed by atoms with van der Waals surface area (Å²) >= 11 is 6.10. The molecule has 14 heavy (non-hydrogen) atoms. The van der Waals surface area contributed by atoms with E-state index >= 15 is 0 Å². The Kier molecular flexibility index (Phi) is 3.40. The largest absolute Gasteiger partial charge is 0.296 e. The average molecular weight is 345 g/mol. The van der Waals surface area contributed by atoms with E-state index in [0.717, 1.165) is 6.07 Å². The van der Waals surface area contributed by atoms with Crippen LogP contribution < -0.4 is 0 Å². The highest BCUT2D eigenvalue weighted by Crippen LogP contribution is 2.33. The van der Waals surface area contributed by atoms with Gasteiger partial charge in [0.2, 0.25) is 0 Å². The van der Waals surface area contributed by atoms with Gasteiger partial charge in [0.15, 0.2) is 0 Å². The molecular weight excluding hydrogens is 342 g/mol. The van der Waals surface area contributed by atoms with E-state index in [9.17, 15) is 13.3 Å². The molecule has 1 aromatic carbocycles. The minimum atomic E-state index is -4.43.